The average Bonchev–Trinajstić information content (AvgIpc) is 2.94. The topological polar surface area (TPSA) is 52.6 Å². The Morgan fingerprint density at radius 1 is 1.00 bits per heavy atom. The molecule has 0 aliphatic heterocycles. The van der Waals surface area contributed by atoms with Crippen LogP contribution >= 0.6 is 0 Å². The maximum absolute atomic E-state index is 12.8. The Morgan fingerprint density at radius 3 is 2.23 bits per heavy atom. The number of benzene rings is 2. The molecule has 0 N–H and O–H groups in total. The molecular weight excluding hydrogens is 417 g/mol. The lowest BCUT2D eigenvalue weighted by Gasteiger charge is -2.40. The Hall–Kier alpha value is -2.22. The summed E-state index contributed by atoms with van der Waals surface area (Å²) in [6, 6.07) is 13.5. The summed E-state index contributed by atoms with van der Waals surface area (Å²) in [7, 11) is -5.75. The van der Waals surface area contributed by atoms with E-state index in [1.807, 2.05) is 37.3 Å². The molecule has 164 valence electrons. The van der Waals surface area contributed by atoms with Gasteiger partial charge in [0, 0.05) is 11.0 Å². The zero-order valence-electron chi connectivity index (χ0n) is 17.1. The highest BCUT2D eigenvalue weighted by Crippen LogP contribution is 2.56. The summed E-state index contributed by atoms with van der Waals surface area (Å²) in [5.74, 6) is 0.131. The van der Waals surface area contributed by atoms with Crippen LogP contribution in [0.3, 0.4) is 0 Å². The first kappa shape index (κ1) is 22.5. The van der Waals surface area contributed by atoms with Gasteiger partial charge in [-0.2, -0.15) is 21.6 Å². The molecule has 0 aromatic heterocycles. The number of ether oxygens (including phenoxy) is 1. The van der Waals surface area contributed by atoms with Crippen LogP contribution in [0.15, 0.2) is 48.5 Å². The first-order valence-corrected chi connectivity index (χ1v) is 11.1. The highest BCUT2D eigenvalue weighted by Gasteiger charge is 2.50. The van der Waals surface area contributed by atoms with E-state index in [2.05, 4.69) is 18.0 Å². The first-order chi connectivity index (χ1) is 13.9. The van der Waals surface area contributed by atoms with E-state index in [0.717, 1.165) is 24.8 Å². The molecule has 0 radical (unpaired) electrons. The zero-order chi connectivity index (χ0) is 22.2. The van der Waals surface area contributed by atoms with Gasteiger partial charge in [-0.05, 0) is 42.0 Å². The molecule has 1 unspecified atom stereocenters. The summed E-state index contributed by atoms with van der Waals surface area (Å²) in [6.07, 6.45) is 2.69. The second-order valence-electron chi connectivity index (χ2n) is 8.48. The summed E-state index contributed by atoms with van der Waals surface area (Å²) < 4.78 is 71.7. The van der Waals surface area contributed by atoms with Gasteiger partial charge in [-0.1, -0.05) is 57.5 Å². The third-order valence-electron chi connectivity index (χ3n) is 6.24. The lowest BCUT2D eigenvalue weighted by Crippen LogP contribution is -2.34. The van der Waals surface area contributed by atoms with Gasteiger partial charge in [-0.25, -0.2) is 0 Å². The number of rotatable bonds is 6. The van der Waals surface area contributed by atoms with Crippen molar-refractivity contribution < 1.29 is 30.5 Å². The number of hydrogen-bond donors (Lipinski definition) is 0. The Balaban J connectivity index is 2.00. The fourth-order valence-electron chi connectivity index (χ4n) is 4.02. The molecule has 8 heteroatoms. The summed E-state index contributed by atoms with van der Waals surface area (Å²) in [5.41, 5.74) is -4.47. The molecule has 1 aliphatic carbocycles. The fourth-order valence-corrected chi connectivity index (χ4v) is 4.48. The first-order valence-electron chi connectivity index (χ1n) is 9.68. The molecule has 4 nitrogen and oxygen atoms in total. The predicted octanol–water partition coefficient (Wildman–Crippen LogP) is 5.96. The molecule has 1 aliphatic rings. The van der Waals surface area contributed by atoms with Crippen LogP contribution in [0.2, 0.25) is 0 Å². The van der Waals surface area contributed by atoms with Gasteiger partial charge >= 0.3 is 15.6 Å². The van der Waals surface area contributed by atoms with Crippen molar-refractivity contribution in [2.45, 2.75) is 57.6 Å². The molecule has 0 spiro atoms. The largest absolute Gasteiger partial charge is 0.534 e. The monoisotopic (exact) mass is 442 g/mol. The van der Waals surface area contributed by atoms with E-state index in [1.54, 1.807) is 0 Å². The van der Waals surface area contributed by atoms with Crippen molar-refractivity contribution in [1.29, 1.82) is 0 Å². The number of alkyl halides is 3. The Kier molecular flexibility index (Phi) is 5.84. The van der Waals surface area contributed by atoms with E-state index in [1.165, 1.54) is 18.2 Å². The zero-order valence-corrected chi connectivity index (χ0v) is 17.9. The third-order valence-corrected chi connectivity index (χ3v) is 7.22. The summed E-state index contributed by atoms with van der Waals surface area (Å²) in [5, 5.41) is 0. The second kappa shape index (κ2) is 7.80. The molecule has 0 saturated heterocycles. The highest BCUT2D eigenvalue weighted by atomic mass is 32.2. The van der Waals surface area contributed by atoms with Crippen molar-refractivity contribution in [2.24, 2.45) is 5.41 Å². The van der Waals surface area contributed by atoms with Crippen LogP contribution < -0.4 is 8.92 Å². The van der Waals surface area contributed by atoms with E-state index in [0.29, 0.717) is 11.3 Å². The van der Waals surface area contributed by atoms with E-state index in [9.17, 15) is 21.6 Å². The molecule has 1 saturated carbocycles. The van der Waals surface area contributed by atoms with Gasteiger partial charge in [0.15, 0.2) is 0 Å². The molecular formula is C22H25F3O4S. The molecule has 0 heterocycles. The highest BCUT2D eigenvalue weighted by molar-refractivity contribution is 7.88. The van der Waals surface area contributed by atoms with Crippen LogP contribution in [0, 0.1) is 5.41 Å². The Bertz CT molecular complexity index is 1000. The van der Waals surface area contributed by atoms with Crippen molar-refractivity contribution in [3.05, 3.63) is 59.7 Å². The molecule has 1 atom stereocenters. The van der Waals surface area contributed by atoms with E-state index in [4.69, 9.17) is 4.74 Å². The Morgan fingerprint density at radius 2 is 1.67 bits per heavy atom. The summed E-state index contributed by atoms with van der Waals surface area (Å²) >= 11 is 0. The maximum atomic E-state index is 12.8. The molecule has 0 bridgehead atoms. The van der Waals surface area contributed by atoms with Gasteiger partial charge in [-0.3, -0.25) is 0 Å². The minimum atomic E-state index is -5.75. The average molecular weight is 442 g/mol. The van der Waals surface area contributed by atoms with Gasteiger partial charge in [0.25, 0.3) is 0 Å². The number of halogens is 3. The lowest BCUT2D eigenvalue weighted by molar-refractivity contribution is -0.0500. The van der Waals surface area contributed by atoms with Crippen molar-refractivity contribution in [1.82, 2.24) is 0 Å². The minimum Gasteiger partial charge on any atom is -0.489 e. The lowest BCUT2D eigenvalue weighted by atomic mass is 9.65. The van der Waals surface area contributed by atoms with Crippen LogP contribution in [-0.4, -0.2) is 13.9 Å². The standard InChI is InChI=1S/C22H25F3O4S/c1-20(2)12-7-13-21(20,3)18-14-17(29-30(26,27)22(23,24)25)10-11-19(18)28-15-16-8-5-4-6-9-16/h4-6,8-11,14H,7,12-13,15H2,1-3H3. The second-order valence-corrected chi connectivity index (χ2v) is 10.0. The molecule has 2 aromatic carbocycles. The van der Waals surface area contributed by atoms with Crippen molar-refractivity contribution >= 4 is 10.1 Å². The van der Waals surface area contributed by atoms with Gasteiger partial charge in [0.1, 0.15) is 18.1 Å². The maximum Gasteiger partial charge on any atom is 0.534 e. The molecule has 1 fully saturated rings. The van der Waals surface area contributed by atoms with Gasteiger partial charge in [-0.15, -0.1) is 0 Å². The van der Waals surface area contributed by atoms with Crippen LogP contribution in [-0.2, 0) is 22.1 Å². The SMILES string of the molecule is CC1(C)CCCC1(C)c1cc(OS(=O)(=O)C(F)(F)F)ccc1OCc1ccccc1. The van der Waals surface area contributed by atoms with E-state index < -0.39 is 21.0 Å². The molecule has 3 rings (SSSR count). The fraction of sp³-hybridized carbons (Fsp3) is 0.455. The third kappa shape index (κ3) is 4.29. The predicted molar refractivity (Wildman–Crippen MR) is 108 cm³/mol. The molecule has 30 heavy (non-hydrogen) atoms. The normalized spacial score (nSPS) is 21.4. The smallest absolute Gasteiger partial charge is 0.489 e. The van der Waals surface area contributed by atoms with Crippen molar-refractivity contribution in [3.63, 3.8) is 0 Å². The van der Waals surface area contributed by atoms with Crippen molar-refractivity contribution in [3.8, 4) is 11.5 Å². The van der Waals surface area contributed by atoms with Crippen LogP contribution in [0.25, 0.3) is 0 Å². The van der Waals surface area contributed by atoms with Gasteiger partial charge in [0.2, 0.25) is 0 Å². The van der Waals surface area contributed by atoms with Crippen LogP contribution in [0.4, 0.5) is 13.2 Å². The van der Waals surface area contributed by atoms with Crippen LogP contribution in [0.5, 0.6) is 11.5 Å². The molecule has 0 amide bonds. The number of hydrogen-bond acceptors (Lipinski definition) is 4. The van der Waals surface area contributed by atoms with Crippen LogP contribution in [0.1, 0.15) is 51.2 Å². The van der Waals surface area contributed by atoms with E-state index in [-0.39, 0.29) is 17.8 Å². The Labute approximate surface area is 175 Å². The van der Waals surface area contributed by atoms with Gasteiger partial charge < -0.3 is 8.92 Å². The quantitative estimate of drug-likeness (QED) is 0.409. The summed E-state index contributed by atoms with van der Waals surface area (Å²) in [6.45, 7) is 6.51. The summed E-state index contributed by atoms with van der Waals surface area (Å²) in [4.78, 5) is 0. The van der Waals surface area contributed by atoms with E-state index >= 15 is 0 Å². The minimum absolute atomic E-state index is 0.153. The van der Waals surface area contributed by atoms with Crippen molar-refractivity contribution in [2.75, 3.05) is 0 Å². The molecule has 2 aromatic rings. The van der Waals surface area contributed by atoms with Gasteiger partial charge in [0.05, 0.1) is 0 Å².